The lowest BCUT2D eigenvalue weighted by atomic mass is 9.89. The van der Waals surface area contributed by atoms with E-state index in [2.05, 4.69) is 4.98 Å². The number of halogens is 2. The molecule has 2 aromatic heterocycles. The predicted octanol–water partition coefficient (Wildman–Crippen LogP) is 5.33. The maximum Gasteiger partial charge on any atom is 0.265 e. The van der Waals surface area contributed by atoms with Crippen LogP contribution in [0.5, 0.6) is 0 Å². The molecule has 1 aliphatic heterocycles. The van der Waals surface area contributed by atoms with E-state index in [1.54, 1.807) is 24.4 Å². The van der Waals surface area contributed by atoms with E-state index in [0.717, 1.165) is 29.7 Å². The molecule has 0 spiro atoms. The van der Waals surface area contributed by atoms with Crippen LogP contribution < -0.4 is 0 Å². The van der Waals surface area contributed by atoms with E-state index in [0.29, 0.717) is 28.8 Å². The number of likely N-dealkylation sites (tertiary alicyclic amines) is 1. The van der Waals surface area contributed by atoms with E-state index in [-0.39, 0.29) is 17.6 Å². The van der Waals surface area contributed by atoms with Crippen LogP contribution in [0.25, 0.3) is 11.1 Å². The molecule has 1 aromatic carbocycles. The van der Waals surface area contributed by atoms with Crippen molar-refractivity contribution in [3.63, 3.8) is 0 Å². The van der Waals surface area contributed by atoms with Crippen LogP contribution in [0, 0.1) is 12.7 Å². The molecule has 0 saturated carbocycles. The van der Waals surface area contributed by atoms with Gasteiger partial charge in [0.1, 0.15) is 16.5 Å². The molecule has 0 N–H and O–H groups in total. The van der Waals surface area contributed by atoms with Gasteiger partial charge < -0.3 is 4.90 Å². The maximum absolute atomic E-state index is 13.3. The Morgan fingerprint density at radius 3 is 2.79 bits per heavy atom. The van der Waals surface area contributed by atoms with Crippen molar-refractivity contribution >= 4 is 28.8 Å². The van der Waals surface area contributed by atoms with Gasteiger partial charge in [-0.3, -0.25) is 4.79 Å². The second-order valence-corrected chi connectivity index (χ2v) is 8.23. The monoisotopic (exact) mass is 415 g/mol. The first-order valence-electron chi connectivity index (χ1n) is 9.14. The molecule has 28 heavy (non-hydrogen) atoms. The van der Waals surface area contributed by atoms with E-state index in [4.69, 9.17) is 16.6 Å². The van der Waals surface area contributed by atoms with Crippen molar-refractivity contribution < 1.29 is 9.18 Å². The third-order valence-electron chi connectivity index (χ3n) is 5.00. The summed E-state index contributed by atoms with van der Waals surface area (Å²) in [5, 5.41) is 2.33. The molecule has 0 radical (unpaired) electrons. The van der Waals surface area contributed by atoms with Gasteiger partial charge in [0.25, 0.3) is 5.91 Å². The molecule has 144 valence electrons. The van der Waals surface area contributed by atoms with Gasteiger partial charge in [0, 0.05) is 30.8 Å². The number of hydrogen-bond donors (Lipinski definition) is 0. The van der Waals surface area contributed by atoms with Crippen LogP contribution in [0.15, 0.2) is 41.9 Å². The first-order valence-corrected chi connectivity index (χ1v) is 10.4. The highest BCUT2D eigenvalue weighted by atomic mass is 35.5. The Hall–Kier alpha value is -2.31. The SMILES string of the molecule is Cc1ncc(-c2ccc(F)cc2)c([C@@H]2CCCN(C(=O)c3sccc3Cl)C2)n1. The van der Waals surface area contributed by atoms with Gasteiger partial charge in [-0.15, -0.1) is 11.3 Å². The maximum atomic E-state index is 13.3. The quantitative estimate of drug-likeness (QED) is 0.581. The van der Waals surface area contributed by atoms with Crippen molar-refractivity contribution in [3.8, 4) is 11.1 Å². The molecule has 4 rings (SSSR count). The number of rotatable bonds is 3. The second-order valence-electron chi connectivity index (χ2n) is 6.91. The average Bonchev–Trinajstić information content (AvgIpc) is 3.14. The number of carbonyl (C=O) groups is 1. The van der Waals surface area contributed by atoms with E-state index < -0.39 is 0 Å². The van der Waals surface area contributed by atoms with Gasteiger partial charge in [0.15, 0.2) is 0 Å². The third kappa shape index (κ3) is 3.80. The summed E-state index contributed by atoms with van der Waals surface area (Å²) in [5.41, 5.74) is 2.68. The van der Waals surface area contributed by atoms with Crippen molar-refractivity contribution in [2.45, 2.75) is 25.7 Å². The Morgan fingerprint density at radius 1 is 1.29 bits per heavy atom. The van der Waals surface area contributed by atoms with Crippen LogP contribution in [0.3, 0.4) is 0 Å². The number of carbonyl (C=O) groups excluding carboxylic acids is 1. The molecular formula is C21H19ClFN3OS. The van der Waals surface area contributed by atoms with Crippen LogP contribution in [0.1, 0.15) is 39.9 Å². The lowest BCUT2D eigenvalue weighted by Gasteiger charge is -2.33. The molecule has 0 unspecified atom stereocenters. The first kappa shape index (κ1) is 19.0. The predicted molar refractivity (Wildman–Crippen MR) is 109 cm³/mol. The minimum atomic E-state index is -0.277. The van der Waals surface area contributed by atoms with Gasteiger partial charge in [-0.25, -0.2) is 14.4 Å². The van der Waals surface area contributed by atoms with Gasteiger partial charge >= 0.3 is 0 Å². The molecule has 1 amide bonds. The minimum Gasteiger partial charge on any atom is -0.337 e. The van der Waals surface area contributed by atoms with Gasteiger partial charge in [-0.05, 0) is 48.9 Å². The van der Waals surface area contributed by atoms with E-state index >= 15 is 0 Å². The highest BCUT2D eigenvalue weighted by molar-refractivity contribution is 7.12. The molecule has 3 aromatic rings. The summed E-state index contributed by atoms with van der Waals surface area (Å²) >= 11 is 7.53. The topological polar surface area (TPSA) is 46.1 Å². The Labute approximate surface area is 172 Å². The number of benzene rings is 1. The molecule has 4 nitrogen and oxygen atoms in total. The highest BCUT2D eigenvalue weighted by Crippen LogP contribution is 2.34. The Morgan fingerprint density at radius 2 is 2.07 bits per heavy atom. The van der Waals surface area contributed by atoms with E-state index in [9.17, 15) is 9.18 Å². The van der Waals surface area contributed by atoms with Crippen LogP contribution in [0.4, 0.5) is 4.39 Å². The Kier molecular flexibility index (Phi) is 5.42. The largest absolute Gasteiger partial charge is 0.337 e. The van der Waals surface area contributed by atoms with Crippen molar-refractivity contribution in [1.82, 2.24) is 14.9 Å². The number of aryl methyl sites for hydroxylation is 1. The minimum absolute atomic E-state index is 0.0289. The Bertz CT molecular complexity index is 1010. The summed E-state index contributed by atoms with van der Waals surface area (Å²) in [5.74, 6) is 0.475. The summed E-state index contributed by atoms with van der Waals surface area (Å²) in [4.78, 5) is 24.4. The summed E-state index contributed by atoms with van der Waals surface area (Å²) in [6, 6.07) is 8.11. The van der Waals surface area contributed by atoms with Gasteiger partial charge in [0.2, 0.25) is 0 Å². The molecule has 0 aliphatic carbocycles. The number of aromatic nitrogens is 2. The lowest BCUT2D eigenvalue weighted by molar-refractivity contribution is 0.0711. The van der Waals surface area contributed by atoms with Crippen molar-refractivity contribution in [1.29, 1.82) is 0 Å². The molecular weight excluding hydrogens is 397 g/mol. The first-order chi connectivity index (χ1) is 13.5. The molecule has 1 aliphatic rings. The fourth-order valence-corrected chi connectivity index (χ4v) is 4.73. The number of piperidine rings is 1. The van der Waals surface area contributed by atoms with Crippen molar-refractivity contribution in [2.24, 2.45) is 0 Å². The smallest absolute Gasteiger partial charge is 0.265 e. The van der Waals surface area contributed by atoms with E-state index in [1.807, 2.05) is 17.2 Å². The number of hydrogen-bond acceptors (Lipinski definition) is 4. The van der Waals surface area contributed by atoms with E-state index in [1.165, 1.54) is 23.5 Å². The van der Waals surface area contributed by atoms with Gasteiger partial charge in [0.05, 0.1) is 10.7 Å². The number of nitrogens with zero attached hydrogens (tertiary/aromatic N) is 3. The van der Waals surface area contributed by atoms with Crippen LogP contribution in [0.2, 0.25) is 5.02 Å². The lowest BCUT2D eigenvalue weighted by Crippen LogP contribution is -2.39. The number of thiophene rings is 1. The highest BCUT2D eigenvalue weighted by Gasteiger charge is 2.29. The second kappa shape index (κ2) is 7.97. The summed E-state index contributed by atoms with van der Waals surface area (Å²) in [7, 11) is 0. The van der Waals surface area contributed by atoms with Crippen molar-refractivity contribution in [3.05, 3.63) is 69.1 Å². The Balaban J connectivity index is 1.65. The van der Waals surface area contributed by atoms with Crippen LogP contribution in [-0.2, 0) is 0 Å². The zero-order chi connectivity index (χ0) is 19.7. The average molecular weight is 416 g/mol. The zero-order valence-electron chi connectivity index (χ0n) is 15.4. The summed E-state index contributed by atoms with van der Waals surface area (Å²) in [6.07, 6.45) is 3.62. The summed E-state index contributed by atoms with van der Waals surface area (Å²) in [6.45, 7) is 3.15. The molecule has 1 atom stereocenters. The van der Waals surface area contributed by atoms with Gasteiger partial charge in [-0.2, -0.15) is 0 Å². The molecule has 7 heteroatoms. The summed E-state index contributed by atoms with van der Waals surface area (Å²) < 4.78 is 13.3. The fourth-order valence-electron chi connectivity index (χ4n) is 3.63. The zero-order valence-corrected chi connectivity index (χ0v) is 16.9. The third-order valence-corrected chi connectivity index (χ3v) is 6.33. The fraction of sp³-hybridized carbons (Fsp3) is 0.286. The number of amides is 1. The molecule has 1 fully saturated rings. The van der Waals surface area contributed by atoms with Crippen molar-refractivity contribution in [2.75, 3.05) is 13.1 Å². The van der Waals surface area contributed by atoms with Crippen LogP contribution in [-0.4, -0.2) is 33.9 Å². The molecule has 0 bridgehead atoms. The molecule has 1 saturated heterocycles. The van der Waals surface area contributed by atoms with Crippen LogP contribution >= 0.6 is 22.9 Å². The van der Waals surface area contributed by atoms with Gasteiger partial charge in [-0.1, -0.05) is 23.7 Å². The standard InChI is InChI=1S/C21H19ClFN3OS/c1-13-24-11-17(14-4-6-16(23)7-5-14)19(25-13)15-3-2-9-26(12-15)21(27)20-18(22)8-10-28-20/h4-8,10-11,15H,2-3,9,12H2,1H3/t15-/m1/s1. The molecule has 3 heterocycles. The normalized spacial score (nSPS) is 17.0.